The summed E-state index contributed by atoms with van der Waals surface area (Å²) in [6.45, 7) is 3.36. The van der Waals surface area contributed by atoms with Crippen LogP contribution in [0.3, 0.4) is 0 Å². The van der Waals surface area contributed by atoms with E-state index in [1.54, 1.807) is 7.11 Å². The molecule has 1 atom stereocenters. The number of nitrogens with zero attached hydrogens (tertiary/aromatic N) is 4. The molecule has 124 valence electrons. The lowest BCUT2D eigenvalue weighted by molar-refractivity contribution is 0.418. The van der Waals surface area contributed by atoms with Gasteiger partial charge in [0.15, 0.2) is 0 Å². The van der Waals surface area contributed by atoms with E-state index in [4.69, 9.17) is 9.72 Å². The maximum absolute atomic E-state index is 5.47. The summed E-state index contributed by atoms with van der Waals surface area (Å²) in [4.78, 5) is 11.8. The van der Waals surface area contributed by atoms with Gasteiger partial charge in [0.2, 0.25) is 0 Å². The summed E-state index contributed by atoms with van der Waals surface area (Å²) < 4.78 is 7.55. The Labute approximate surface area is 141 Å². The molecule has 1 fully saturated rings. The Morgan fingerprint density at radius 1 is 1.21 bits per heavy atom. The van der Waals surface area contributed by atoms with Gasteiger partial charge in [-0.3, -0.25) is 0 Å². The van der Waals surface area contributed by atoms with Crippen LogP contribution >= 0.6 is 0 Å². The van der Waals surface area contributed by atoms with Gasteiger partial charge >= 0.3 is 0 Å². The molecule has 0 amide bonds. The van der Waals surface area contributed by atoms with Gasteiger partial charge < -0.3 is 14.2 Å². The third kappa shape index (κ3) is 2.31. The number of fused-ring (bicyclic) bond motifs is 1. The molecule has 0 N–H and O–H groups in total. The van der Waals surface area contributed by atoms with Crippen molar-refractivity contribution in [2.45, 2.75) is 25.8 Å². The molecule has 0 saturated carbocycles. The SMILES string of the molecule is COc1cccc2nc(-c3ccc(N4CCCC4C)nc3)n(C)c12. The zero-order valence-electron chi connectivity index (χ0n) is 14.4. The monoisotopic (exact) mass is 322 g/mol. The number of aryl methyl sites for hydroxylation is 1. The predicted octanol–water partition coefficient (Wildman–Crippen LogP) is 3.63. The molecule has 0 radical (unpaired) electrons. The Hall–Kier alpha value is -2.56. The normalized spacial score (nSPS) is 17.6. The summed E-state index contributed by atoms with van der Waals surface area (Å²) in [5.74, 6) is 2.80. The fourth-order valence-corrected chi connectivity index (χ4v) is 3.62. The van der Waals surface area contributed by atoms with E-state index >= 15 is 0 Å². The fourth-order valence-electron chi connectivity index (χ4n) is 3.62. The van der Waals surface area contributed by atoms with Crippen LogP contribution in [-0.2, 0) is 7.05 Å². The van der Waals surface area contributed by atoms with Gasteiger partial charge in [0.05, 0.1) is 12.6 Å². The molecule has 24 heavy (non-hydrogen) atoms. The van der Waals surface area contributed by atoms with Crippen LogP contribution in [0.5, 0.6) is 5.75 Å². The first kappa shape index (κ1) is 15.0. The van der Waals surface area contributed by atoms with E-state index in [-0.39, 0.29) is 0 Å². The Kier molecular flexibility index (Phi) is 3.63. The van der Waals surface area contributed by atoms with E-state index in [9.17, 15) is 0 Å². The zero-order valence-corrected chi connectivity index (χ0v) is 14.4. The van der Waals surface area contributed by atoms with Crippen molar-refractivity contribution in [1.29, 1.82) is 0 Å². The number of aromatic nitrogens is 3. The molecule has 1 unspecified atom stereocenters. The minimum Gasteiger partial charge on any atom is -0.494 e. The zero-order chi connectivity index (χ0) is 16.7. The molecule has 2 aromatic heterocycles. The van der Waals surface area contributed by atoms with Crippen molar-refractivity contribution in [3.63, 3.8) is 0 Å². The van der Waals surface area contributed by atoms with E-state index < -0.39 is 0 Å². The van der Waals surface area contributed by atoms with Gasteiger partial charge in [-0.1, -0.05) is 6.07 Å². The average Bonchev–Trinajstić information content (AvgIpc) is 3.19. The molecule has 4 rings (SSSR count). The topological polar surface area (TPSA) is 43.2 Å². The maximum Gasteiger partial charge on any atom is 0.144 e. The third-order valence-electron chi connectivity index (χ3n) is 4.93. The highest BCUT2D eigenvalue weighted by atomic mass is 16.5. The Bertz CT molecular complexity index is 869. The molecular formula is C19H22N4O. The molecule has 3 aromatic rings. The lowest BCUT2D eigenvalue weighted by Crippen LogP contribution is -2.26. The van der Waals surface area contributed by atoms with Crippen LogP contribution < -0.4 is 9.64 Å². The van der Waals surface area contributed by atoms with Gasteiger partial charge in [0.25, 0.3) is 0 Å². The van der Waals surface area contributed by atoms with Gasteiger partial charge in [-0.2, -0.15) is 0 Å². The number of methoxy groups -OCH3 is 1. The molecule has 1 saturated heterocycles. The molecule has 5 nitrogen and oxygen atoms in total. The molecule has 1 aromatic carbocycles. The number of ether oxygens (including phenoxy) is 1. The third-order valence-corrected chi connectivity index (χ3v) is 4.93. The number of rotatable bonds is 3. The van der Waals surface area contributed by atoms with Gasteiger partial charge in [-0.15, -0.1) is 0 Å². The number of hydrogen-bond donors (Lipinski definition) is 0. The number of para-hydroxylation sites is 1. The van der Waals surface area contributed by atoms with Gasteiger partial charge in [-0.25, -0.2) is 9.97 Å². The van der Waals surface area contributed by atoms with Crippen molar-refractivity contribution in [3.8, 4) is 17.1 Å². The second-order valence-electron chi connectivity index (χ2n) is 6.41. The summed E-state index contributed by atoms with van der Waals surface area (Å²) in [7, 11) is 3.71. The number of hydrogen-bond acceptors (Lipinski definition) is 4. The Morgan fingerprint density at radius 3 is 2.75 bits per heavy atom. The number of benzene rings is 1. The highest BCUT2D eigenvalue weighted by Gasteiger charge is 2.21. The molecule has 1 aliphatic heterocycles. The standard InChI is InChI=1S/C19H22N4O/c1-13-6-5-11-23(13)17-10-9-14(12-20-17)19-21-15-7-4-8-16(24-3)18(15)22(19)2/h4,7-10,12-13H,5-6,11H2,1-3H3. The molecule has 0 spiro atoms. The molecule has 0 aliphatic carbocycles. The highest BCUT2D eigenvalue weighted by Crippen LogP contribution is 2.31. The van der Waals surface area contributed by atoms with E-state index in [2.05, 4.69) is 33.5 Å². The lowest BCUT2D eigenvalue weighted by atomic mass is 10.2. The molecule has 3 heterocycles. The minimum atomic E-state index is 0.573. The molecule has 0 bridgehead atoms. The van der Waals surface area contributed by atoms with Crippen molar-refractivity contribution >= 4 is 16.9 Å². The summed E-state index contributed by atoms with van der Waals surface area (Å²) in [5.41, 5.74) is 2.96. The van der Waals surface area contributed by atoms with Crippen LogP contribution in [0.4, 0.5) is 5.82 Å². The highest BCUT2D eigenvalue weighted by molar-refractivity contribution is 5.86. The lowest BCUT2D eigenvalue weighted by Gasteiger charge is -2.22. The van der Waals surface area contributed by atoms with E-state index in [1.807, 2.05) is 31.4 Å². The van der Waals surface area contributed by atoms with E-state index in [0.717, 1.165) is 40.5 Å². The number of imidazole rings is 1. The minimum absolute atomic E-state index is 0.573. The van der Waals surface area contributed by atoms with Crippen LogP contribution in [0.25, 0.3) is 22.4 Å². The first-order valence-electron chi connectivity index (χ1n) is 8.41. The van der Waals surface area contributed by atoms with Crippen molar-refractivity contribution in [1.82, 2.24) is 14.5 Å². The van der Waals surface area contributed by atoms with Crippen molar-refractivity contribution in [2.24, 2.45) is 7.05 Å². The van der Waals surface area contributed by atoms with Crippen LogP contribution in [0.15, 0.2) is 36.5 Å². The quantitative estimate of drug-likeness (QED) is 0.738. The number of pyridine rings is 1. The van der Waals surface area contributed by atoms with Crippen LogP contribution in [0.2, 0.25) is 0 Å². The molecular weight excluding hydrogens is 300 g/mol. The summed E-state index contributed by atoms with van der Waals surface area (Å²) >= 11 is 0. The maximum atomic E-state index is 5.47. The summed E-state index contributed by atoms with van der Waals surface area (Å²) in [6.07, 6.45) is 4.41. The molecule has 5 heteroatoms. The van der Waals surface area contributed by atoms with Crippen molar-refractivity contribution in [3.05, 3.63) is 36.5 Å². The van der Waals surface area contributed by atoms with Gasteiger partial charge in [0, 0.05) is 31.4 Å². The number of anilines is 1. The second kappa shape index (κ2) is 5.82. The van der Waals surface area contributed by atoms with Crippen molar-refractivity contribution in [2.75, 3.05) is 18.6 Å². The second-order valence-corrected chi connectivity index (χ2v) is 6.41. The van der Waals surface area contributed by atoms with Gasteiger partial charge in [0.1, 0.15) is 22.9 Å². The van der Waals surface area contributed by atoms with Gasteiger partial charge in [-0.05, 0) is 44.0 Å². The molecule has 1 aliphatic rings. The Morgan fingerprint density at radius 2 is 2.08 bits per heavy atom. The fraction of sp³-hybridized carbons (Fsp3) is 0.368. The van der Waals surface area contributed by atoms with Crippen LogP contribution in [0, 0.1) is 0 Å². The largest absolute Gasteiger partial charge is 0.494 e. The van der Waals surface area contributed by atoms with E-state index in [1.165, 1.54) is 12.8 Å². The van der Waals surface area contributed by atoms with Crippen LogP contribution in [-0.4, -0.2) is 34.2 Å². The average molecular weight is 322 g/mol. The Balaban J connectivity index is 1.74. The van der Waals surface area contributed by atoms with Crippen LogP contribution in [0.1, 0.15) is 19.8 Å². The summed E-state index contributed by atoms with van der Waals surface area (Å²) in [5, 5.41) is 0. The van der Waals surface area contributed by atoms with E-state index in [0.29, 0.717) is 6.04 Å². The first-order chi connectivity index (χ1) is 11.7. The predicted molar refractivity (Wildman–Crippen MR) is 96.5 cm³/mol. The van der Waals surface area contributed by atoms with Crippen molar-refractivity contribution < 1.29 is 4.74 Å². The first-order valence-corrected chi connectivity index (χ1v) is 8.41. The smallest absolute Gasteiger partial charge is 0.144 e. The summed E-state index contributed by atoms with van der Waals surface area (Å²) in [6, 6.07) is 10.7.